The number of allylic oxidation sites excluding steroid dienone is 10. The van der Waals surface area contributed by atoms with Gasteiger partial charge in [0.2, 0.25) is 0 Å². The Morgan fingerprint density at radius 2 is 0.964 bits per heavy atom. The van der Waals surface area contributed by atoms with Crippen LogP contribution in [0.25, 0.3) is 0 Å². The summed E-state index contributed by atoms with van der Waals surface area (Å²) in [6.45, 7) is 4.07. The lowest BCUT2D eigenvalue weighted by Gasteiger charge is -2.28. The second-order valence-corrected chi connectivity index (χ2v) is 17.1. The molecule has 0 amide bonds. The molecule has 10 heteroatoms. The third-order valence-electron chi connectivity index (χ3n) is 9.04. The van der Waals surface area contributed by atoms with Gasteiger partial charge in [-0.3, -0.25) is 14.2 Å². The van der Waals surface area contributed by atoms with E-state index in [-0.39, 0.29) is 26.1 Å². The van der Waals surface area contributed by atoms with Crippen LogP contribution in [0.2, 0.25) is 0 Å². The fraction of sp³-hybridized carbons (Fsp3) is 0.739. The van der Waals surface area contributed by atoms with Gasteiger partial charge in [-0.15, -0.1) is 0 Å². The normalized spacial score (nSPS) is 14.2. The quantitative estimate of drug-likeness (QED) is 0.0198. The zero-order valence-corrected chi connectivity index (χ0v) is 37.2. The maximum Gasteiger partial charge on any atom is 0.306 e. The lowest BCUT2D eigenvalue weighted by atomic mass is 10.1. The topological polar surface area (TPSA) is 111 Å². The van der Waals surface area contributed by atoms with Crippen LogP contribution in [0.5, 0.6) is 0 Å². The van der Waals surface area contributed by atoms with Gasteiger partial charge < -0.3 is 27.9 Å². The molecule has 0 saturated carbocycles. The molecular formula is C46H82NO8P. The Labute approximate surface area is 343 Å². The van der Waals surface area contributed by atoms with Crippen molar-refractivity contribution in [1.82, 2.24) is 0 Å². The molecule has 9 nitrogen and oxygen atoms in total. The van der Waals surface area contributed by atoms with E-state index in [4.69, 9.17) is 18.5 Å². The Balaban J connectivity index is 4.55. The minimum absolute atomic E-state index is 0.0518. The molecule has 0 aromatic rings. The SMILES string of the molecule is CCCCCCCCC/C=C\C/C=C\C/C=C\CCC(=O)OC(COC(=O)CC/C=C\C/C=C\CCCCCCCCCC)COP(=O)([O-])OCC[N+](C)(C)C. The fourth-order valence-electron chi connectivity index (χ4n) is 5.56. The summed E-state index contributed by atoms with van der Waals surface area (Å²) in [4.78, 5) is 37.4. The molecule has 0 fully saturated rings. The average molecular weight is 808 g/mol. The van der Waals surface area contributed by atoms with Gasteiger partial charge >= 0.3 is 11.9 Å². The highest BCUT2D eigenvalue weighted by molar-refractivity contribution is 7.45. The molecule has 0 N–H and O–H groups in total. The minimum atomic E-state index is -4.65. The van der Waals surface area contributed by atoms with Gasteiger partial charge in [0.15, 0.2) is 6.10 Å². The summed E-state index contributed by atoms with van der Waals surface area (Å²) in [7, 11) is 1.09. The second-order valence-electron chi connectivity index (χ2n) is 15.7. The highest BCUT2D eigenvalue weighted by atomic mass is 31.2. The third kappa shape index (κ3) is 41.3. The summed E-state index contributed by atoms with van der Waals surface area (Å²) in [5.41, 5.74) is 0. The highest BCUT2D eigenvalue weighted by Crippen LogP contribution is 2.38. The molecule has 0 rings (SSSR count). The van der Waals surface area contributed by atoms with Gasteiger partial charge in [0.25, 0.3) is 7.82 Å². The second kappa shape index (κ2) is 38.2. The Kier molecular flexibility index (Phi) is 36.7. The van der Waals surface area contributed by atoms with E-state index in [2.05, 4.69) is 50.3 Å². The summed E-state index contributed by atoms with van der Waals surface area (Å²) >= 11 is 0. The molecule has 2 atom stereocenters. The zero-order chi connectivity index (χ0) is 41.4. The van der Waals surface area contributed by atoms with Crippen LogP contribution < -0.4 is 4.89 Å². The van der Waals surface area contributed by atoms with Crippen LogP contribution >= 0.6 is 7.82 Å². The molecule has 0 spiro atoms. The number of phosphoric acid groups is 1. The number of carbonyl (C=O) groups excluding carboxylic acids is 2. The maximum absolute atomic E-state index is 12.6. The van der Waals surface area contributed by atoms with Crippen molar-refractivity contribution in [2.45, 2.75) is 174 Å². The average Bonchev–Trinajstić information content (AvgIpc) is 3.15. The molecule has 56 heavy (non-hydrogen) atoms. The molecule has 324 valence electrons. The zero-order valence-electron chi connectivity index (χ0n) is 36.3. The van der Waals surface area contributed by atoms with Crippen molar-refractivity contribution in [3.8, 4) is 0 Å². The van der Waals surface area contributed by atoms with Crippen molar-refractivity contribution in [1.29, 1.82) is 0 Å². The van der Waals surface area contributed by atoms with E-state index in [1.54, 1.807) is 0 Å². The van der Waals surface area contributed by atoms with Crippen molar-refractivity contribution in [3.05, 3.63) is 60.8 Å². The number of rotatable bonds is 39. The van der Waals surface area contributed by atoms with Gasteiger partial charge in [-0.25, -0.2) is 0 Å². The van der Waals surface area contributed by atoms with Crippen LogP contribution in [0.1, 0.15) is 168 Å². The monoisotopic (exact) mass is 808 g/mol. The molecule has 0 aliphatic rings. The molecule has 0 radical (unpaired) electrons. The molecule has 0 bridgehead atoms. The number of phosphoric ester groups is 1. The van der Waals surface area contributed by atoms with Gasteiger partial charge in [0.1, 0.15) is 19.8 Å². The lowest BCUT2D eigenvalue weighted by molar-refractivity contribution is -0.870. The van der Waals surface area contributed by atoms with Gasteiger partial charge in [-0.05, 0) is 57.8 Å². The number of hydrogen-bond acceptors (Lipinski definition) is 8. The third-order valence-corrected chi connectivity index (χ3v) is 10.0. The Morgan fingerprint density at radius 3 is 1.43 bits per heavy atom. The summed E-state index contributed by atoms with van der Waals surface area (Å²) < 4.78 is 33.7. The number of quaternary nitrogens is 1. The number of unbranched alkanes of at least 4 members (excludes halogenated alkanes) is 15. The molecule has 2 unspecified atom stereocenters. The van der Waals surface area contributed by atoms with Crippen LogP contribution in [0.15, 0.2) is 60.8 Å². The van der Waals surface area contributed by atoms with E-state index in [0.29, 0.717) is 23.9 Å². The molecule has 0 aromatic heterocycles. The first-order valence-electron chi connectivity index (χ1n) is 22.0. The van der Waals surface area contributed by atoms with Crippen molar-refractivity contribution in [2.75, 3.05) is 47.5 Å². The molecular weight excluding hydrogens is 725 g/mol. The number of ether oxygens (including phenoxy) is 2. The van der Waals surface area contributed by atoms with E-state index in [1.165, 1.54) is 96.3 Å². The van der Waals surface area contributed by atoms with Gasteiger partial charge in [-0.2, -0.15) is 0 Å². The highest BCUT2D eigenvalue weighted by Gasteiger charge is 2.21. The van der Waals surface area contributed by atoms with Crippen molar-refractivity contribution in [3.63, 3.8) is 0 Å². The molecule has 0 heterocycles. The number of hydrogen-bond donors (Lipinski definition) is 0. The van der Waals surface area contributed by atoms with Crippen LogP contribution in [-0.4, -0.2) is 70.0 Å². The van der Waals surface area contributed by atoms with Crippen LogP contribution in [0.4, 0.5) is 0 Å². The molecule has 0 aliphatic carbocycles. The molecule has 0 aliphatic heterocycles. The summed E-state index contributed by atoms with van der Waals surface area (Å²) in [6.07, 6.45) is 45.7. The van der Waals surface area contributed by atoms with Gasteiger partial charge in [0.05, 0.1) is 27.7 Å². The Bertz CT molecular complexity index is 1140. The van der Waals surface area contributed by atoms with E-state index >= 15 is 0 Å². The van der Waals surface area contributed by atoms with E-state index in [0.717, 1.165) is 32.1 Å². The van der Waals surface area contributed by atoms with Gasteiger partial charge in [0, 0.05) is 12.8 Å². The first kappa shape index (κ1) is 53.7. The number of carbonyl (C=O) groups is 2. The van der Waals surface area contributed by atoms with E-state index in [1.807, 2.05) is 45.4 Å². The fourth-order valence-corrected chi connectivity index (χ4v) is 6.29. The minimum Gasteiger partial charge on any atom is -0.756 e. The number of nitrogens with zero attached hydrogens (tertiary/aromatic N) is 1. The van der Waals surface area contributed by atoms with Crippen molar-refractivity contribution in [2.24, 2.45) is 0 Å². The number of likely N-dealkylation sites (N-methyl/N-ethyl adjacent to an activating group) is 1. The smallest absolute Gasteiger partial charge is 0.306 e. The first-order valence-corrected chi connectivity index (χ1v) is 23.5. The summed E-state index contributed by atoms with van der Waals surface area (Å²) in [5.74, 6) is -1.00. The largest absolute Gasteiger partial charge is 0.756 e. The van der Waals surface area contributed by atoms with Crippen LogP contribution in [-0.2, 0) is 32.7 Å². The summed E-state index contributed by atoms with van der Waals surface area (Å²) in [5, 5.41) is 0. The standard InChI is InChI=1S/C46H82NO8P/c1-6-8-10-12-14-16-18-20-22-23-25-27-29-31-33-35-37-39-46(49)55-44(43-54-56(50,51)53-41-40-47(3,4)5)42-52-45(48)38-36-34-32-30-28-26-24-21-19-17-15-13-11-9-7-2/h22-23,26-29,32-35,44H,6-21,24-25,30-31,36-43H2,1-5H3/b23-22-,28-26-,29-27-,34-32-,35-33-. The van der Waals surface area contributed by atoms with Crippen LogP contribution in [0.3, 0.4) is 0 Å². The van der Waals surface area contributed by atoms with Crippen molar-refractivity contribution < 1.29 is 42.1 Å². The molecule has 0 saturated heterocycles. The van der Waals surface area contributed by atoms with E-state index in [9.17, 15) is 19.0 Å². The lowest BCUT2D eigenvalue weighted by Crippen LogP contribution is -2.37. The Morgan fingerprint density at radius 1 is 0.554 bits per heavy atom. The van der Waals surface area contributed by atoms with E-state index < -0.39 is 32.5 Å². The first-order chi connectivity index (χ1) is 27.0. The van der Waals surface area contributed by atoms with Crippen LogP contribution in [0, 0.1) is 0 Å². The Hall–Kier alpha value is -2.29. The predicted octanol–water partition coefficient (Wildman–Crippen LogP) is 11.8. The van der Waals surface area contributed by atoms with Crippen molar-refractivity contribution >= 4 is 19.8 Å². The van der Waals surface area contributed by atoms with Gasteiger partial charge in [-0.1, -0.05) is 158 Å². The molecule has 0 aromatic carbocycles. The predicted molar refractivity (Wildman–Crippen MR) is 231 cm³/mol. The summed E-state index contributed by atoms with van der Waals surface area (Å²) in [6, 6.07) is 0. The number of esters is 2. The maximum atomic E-state index is 12.6.